The number of nitriles is 1. The first kappa shape index (κ1) is 15.6. The Kier molecular flexibility index (Phi) is 3.97. The number of nitrogens with zero attached hydrogens (tertiary/aromatic N) is 5. The molecular formula is C15H12N6O2S. The molecule has 0 fully saturated rings. The highest BCUT2D eigenvalue weighted by Gasteiger charge is 2.15. The Labute approximate surface area is 138 Å². The van der Waals surface area contributed by atoms with Gasteiger partial charge in [0.05, 0.1) is 22.2 Å². The van der Waals surface area contributed by atoms with Gasteiger partial charge in [-0.05, 0) is 65.4 Å². The highest BCUT2D eigenvalue weighted by molar-refractivity contribution is 7.92. The Bertz CT molecular complexity index is 1010. The van der Waals surface area contributed by atoms with Crippen molar-refractivity contribution in [2.45, 2.75) is 11.8 Å². The number of anilines is 1. The maximum Gasteiger partial charge on any atom is 0.261 e. The first-order valence-electron chi connectivity index (χ1n) is 6.86. The molecule has 0 amide bonds. The van der Waals surface area contributed by atoms with E-state index in [1.807, 2.05) is 13.0 Å². The van der Waals surface area contributed by atoms with Gasteiger partial charge in [-0.25, -0.2) is 13.1 Å². The molecule has 2 aromatic carbocycles. The summed E-state index contributed by atoms with van der Waals surface area (Å²) in [5.41, 5.74) is 2.38. The van der Waals surface area contributed by atoms with Crippen LogP contribution in [0.5, 0.6) is 0 Å². The monoisotopic (exact) mass is 340 g/mol. The van der Waals surface area contributed by atoms with Gasteiger partial charge < -0.3 is 0 Å². The summed E-state index contributed by atoms with van der Waals surface area (Å²) in [7, 11) is -3.73. The fourth-order valence-corrected chi connectivity index (χ4v) is 3.22. The van der Waals surface area contributed by atoms with Crippen LogP contribution in [0.25, 0.3) is 5.69 Å². The van der Waals surface area contributed by atoms with Crippen LogP contribution in [0.15, 0.2) is 53.7 Å². The van der Waals surface area contributed by atoms with Gasteiger partial charge in [0, 0.05) is 5.69 Å². The van der Waals surface area contributed by atoms with Crippen LogP contribution in [0.3, 0.4) is 0 Å². The molecule has 24 heavy (non-hydrogen) atoms. The van der Waals surface area contributed by atoms with E-state index in [4.69, 9.17) is 5.26 Å². The number of rotatable bonds is 4. The molecule has 1 aromatic heterocycles. The van der Waals surface area contributed by atoms with Gasteiger partial charge in [-0.3, -0.25) is 4.72 Å². The minimum Gasteiger partial charge on any atom is -0.280 e. The van der Waals surface area contributed by atoms with E-state index in [0.717, 1.165) is 11.3 Å². The van der Waals surface area contributed by atoms with Crippen LogP contribution in [-0.4, -0.2) is 28.6 Å². The predicted molar refractivity (Wildman–Crippen MR) is 85.9 cm³/mol. The van der Waals surface area contributed by atoms with Gasteiger partial charge in [0.25, 0.3) is 10.0 Å². The summed E-state index contributed by atoms with van der Waals surface area (Å²) in [5.74, 6) is 0. The molecule has 1 heterocycles. The molecule has 3 rings (SSSR count). The van der Waals surface area contributed by atoms with Crippen molar-refractivity contribution in [1.82, 2.24) is 20.2 Å². The van der Waals surface area contributed by atoms with E-state index in [2.05, 4.69) is 20.2 Å². The Morgan fingerprint density at radius 2 is 1.92 bits per heavy atom. The van der Waals surface area contributed by atoms with E-state index < -0.39 is 10.0 Å². The Balaban J connectivity index is 1.87. The fourth-order valence-electron chi connectivity index (χ4n) is 2.17. The number of benzene rings is 2. The summed E-state index contributed by atoms with van der Waals surface area (Å²) in [6, 6.07) is 12.7. The molecule has 0 saturated heterocycles. The SMILES string of the molecule is Cc1cc(NS(=O)(=O)c2ccc(C#N)cc2)ccc1-n1cnnn1. The average Bonchev–Trinajstić information content (AvgIpc) is 3.09. The van der Waals surface area contributed by atoms with E-state index in [1.54, 1.807) is 18.2 Å². The number of hydrogen-bond donors (Lipinski definition) is 1. The number of tetrazole rings is 1. The topological polar surface area (TPSA) is 114 Å². The minimum atomic E-state index is -3.73. The van der Waals surface area contributed by atoms with Crippen LogP contribution in [0.4, 0.5) is 5.69 Å². The maximum absolute atomic E-state index is 12.4. The predicted octanol–water partition coefficient (Wildman–Crippen LogP) is 1.64. The second kappa shape index (κ2) is 6.10. The number of nitrogens with one attached hydrogen (secondary N) is 1. The summed E-state index contributed by atoms with van der Waals surface area (Å²) in [5, 5.41) is 19.7. The van der Waals surface area contributed by atoms with Crippen molar-refractivity contribution >= 4 is 15.7 Å². The number of aromatic nitrogens is 4. The molecule has 0 radical (unpaired) electrons. The van der Waals surface area contributed by atoms with Gasteiger partial charge in [-0.1, -0.05) is 0 Å². The lowest BCUT2D eigenvalue weighted by atomic mass is 10.2. The molecule has 3 aromatic rings. The van der Waals surface area contributed by atoms with Crippen LogP contribution in [0.2, 0.25) is 0 Å². The van der Waals surface area contributed by atoms with Gasteiger partial charge >= 0.3 is 0 Å². The van der Waals surface area contributed by atoms with Crippen molar-refractivity contribution in [2.75, 3.05) is 4.72 Å². The van der Waals surface area contributed by atoms with Crippen LogP contribution in [0, 0.1) is 18.3 Å². The standard InChI is InChI=1S/C15H12N6O2S/c1-11-8-13(4-7-15(11)21-10-17-19-20-21)18-24(22,23)14-5-2-12(9-16)3-6-14/h2-8,10,18H,1H3. The van der Waals surface area contributed by atoms with Crippen molar-refractivity contribution in [1.29, 1.82) is 5.26 Å². The second-order valence-corrected chi connectivity index (χ2v) is 6.68. The summed E-state index contributed by atoms with van der Waals surface area (Å²) in [6.45, 7) is 1.83. The normalized spacial score (nSPS) is 11.0. The third-order valence-corrected chi connectivity index (χ3v) is 4.74. The Hall–Kier alpha value is -3.25. The molecule has 120 valence electrons. The Morgan fingerprint density at radius 1 is 1.17 bits per heavy atom. The molecule has 0 aliphatic heterocycles. The molecule has 0 saturated carbocycles. The van der Waals surface area contributed by atoms with Gasteiger partial charge in [0.15, 0.2) is 0 Å². The molecule has 0 bridgehead atoms. The quantitative estimate of drug-likeness (QED) is 0.772. The van der Waals surface area contributed by atoms with Crippen LogP contribution in [-0.2, 0) is 10.0 Å². The zero-order valence-corrected chi connectivity index (χ0v) is 13.4. The highest BCUT2D eigenvalue weighted by atomic mass is 32.2. The summed E-state index contributed by atoms with van der Waals surface area (Å²) in [6.07, 6.45) is 1.46. The summed E-state index contributed by atoms with van der Waals surface area (Å²) < 4.78 is 28.8. The summed E-state index contributed by atoms with van der Waals surface area (Å²) in [4.78, 5) is 0.0868. The third kappa shape index (κ3) is 3.09. The highest BCUT2D eigenvalue weighted by Crippen LogP contribution is 2.21. The Morgan fingerprint density at radius 3 is 2.50 bits per heavy atom. The molecule has 1 N–H and O–H groups in total. The minimum absolute atomic E-state index is 0.0868. The molecule has 0 aliphatic carbocycles. The van der Waals surface area contributed by atoms with Gasteiger partial charge in [-0.15, -0.1) is 5.10 Å². The van der Waals surface area contributed by atoms with E-state index in [9.17, 15) is 8.42 Å². The smallest absolute Gasteiger partial charge is 0.261 e. The zero-order chi connectivity index (χ0) is 17.2. The zero-order valence-electron chi connectivity index (χ0n) is 12.6. The van der Waals surface area contributed by atoms with Crippen LogP contribution < -0.4 is 4.72 Å². The average molecular weight is 340 g/mol. The van der Waals surface area contributed by atoms with E-state index in [1.165, 1.54) is 35.3 Å². The molecule has 0 atom stereocenters. The van der Waals surface area contributed by atoms with Crippen molar-refractivity contribution in [3.8, 4) is 11.8 Å². The van der Waals surface area contributed by atoms with Crippen molar-refractivity contribution < 1.29 is 8.42 Å². The largest absolute Gasteiger partial charge is 0.280 e. The number of sulfonamides is 1. The van der Waals surface area contributed by atoms with E-state index >= 15 is 0 Å². The molecule has 0 aliphatic rings. The maximum atomic E-state index is 12.4. The molecule has 8 nitrogen and oxygen atoms in total. The molecule has 9 heteroatoms. The van der Waals surface area contributed by atoms with Gasteiger partial charge in [0.2, 0.25) is 0 Å². The van der Waals surface area contributed by atoms with Crippen molar-refractivity contribution in [3.05, 3.63) is 59.9 Å². The lowest BCUT2D eigenvalue weighted by Gasteiger charge is -2.11. The lowest BCUT2D eigenvalue weighted by molar-refractivity contribution is 0.601. The van der Waals surface area contributed by atoms with Gasteiger partial charge in [0.1, 0.15) is 6.33 Å². The summed E-state index contributed by atoms with van der Waals surface area (Å²) >= 11 is 0. The first-order chi connectivity index (χ1) is 11.5. The lowest BCUT2D eigenvalue weighted by Crippen LogP contribution is -2.13. The number of aryl methyl sites for hydroxylation is 1. The van der Waals surface area contributed by atoms with Crippen LogP contribution in [0.1, 0.15) is 11.1 Å². The van der Waals surface area contributed by atoms with Crippen molar-refractivity contribution in [3.63, 3.8) is 0 Å². The van der Waals surface area contributed by atoms with Gasteiger partial charge in [-0.2, -0.15) is 5.26 Å². The fraction of sp³-hybridized carbons (Fsp3) is 0.0667. The van der Waals surface area contributed by atoms with Crippen LogP contribution >= 0.6 is 0 Å². The number of hydrogen-bond acceptors (Lipinski definition) is 6. The molecular weight excluding hydrogens is 328 g/mol. The first-order valence-corrected chi connectivity index (χ1v) is 8.35. The molecule has 0 spiro atoms. The van der Waals surface area contributed by atoms with E-state index in [-0.39, 0.29) is 4.90 Å². The second-order valence-electron chi connectivity index (χ2n) is 5.00. The molecule has 0 unspecified atom stereocenters. The van der Waals surface area contributed by atoms with E-state index in [0.29, 0.717) is 11.3 Å². The third-order valence-electron chi connectivity index (χ3n) is 3.34. The van der Waals surface area contributed by atoms with Crippen molar-refractivity contribution in [2.24, 2.45) is 0 Å².